The molecule has 0 bridgehead atoms. The third kappa shape index (κ3) is 4.47. The number of carbonyl (C=O) groups excluding carboxylic acids is 1. The first-order chi connectivity index (χ1) is 12.3. The summed E-state index contributed by atoms with van der Waals surface area (Å²) in [5.41, 5.74) is 9.56. The van der Waals surface area contributed by atoms with Gasteiger partial charge in [0.15, 0.2) is 0 Å². The Labute approximate surface area is 159 Å². The van der Waals surface area contributed by atoms with Gasteiger partial charge < -0.3 is 5.32 Å². The summed E-state index contributed by atoms with van der Waals surface area (Å²) in [5.74, 6) is -0.388. The highest BCUT2D eigenvalue weighted by Crippen LogP contribution is 2.15. The molecule has 2 unspecified atom stereocenters. The molecule has 1 fully saturated rings. The number of nitrogens with one attached hydrogen (secondary N) is 5. The van der Waals surface area contributed by atoms with E-state index in [1.807, 2.05) is 6.92 Å². The lowest BCUT2D eigenvalue weighted by Gasteiger charge is -2.19. The lowest BCUT2D eigenvalue weighted by Crippen LogP contribution is -2.53. The molecule has 1 saturated heterocycles. The van der Waals surface area contributed by atoms with E-state index in [9.17, 15) is 13.2 Å². The smallest absolute Gasteiger partial charge is 0.246 e. The van der Waals surface area contributed by atoms with Crippen LogP contribution in [0.5, 0.6) is 0 Å². The maximum absolute atomic E-state index is 12.5. The van der Waals surface area contributed by atoms with Crippen molar-refractivity contribution in [3.05, 3.63) is 58.6 Å². The maximum Gasteiger partial charge on any atom is 0.246 e. The van der Waals surface area contributed by atoms with E-state index < -0.39 is 22.2 Å². The van der Waals surface area contributed by atoms with E-state index in [1.54, 1.807) is 36.4 Å². The summed E-state index contributed by atoms with van der Waals surface area (Å²) in [5, 5.41) is 2.74. The van der Waals surface area contributed by atoms with Gasteiger partial charge in [-0.1, -0.05) is 33.6 Å². The zero-order valence-corrected chi connectivity index (χ0v) is 16.2. The highest BCUT2D eigenvalue weighted by atomic mass is 79.9. The molecule has 10 heteroatoms. The largest absolute Gasteiger partial charge is 0.325 e. The number of carbonyl (C=O) groups is 1. The van der Waals surface area contributed by atoms with Gasteiger partial charge in [-0.05, 0) is 43.3 Å². The first kappa shape index (κ1) is 19.0. The van der Waals surface area contributed by atoms with Crippen LogP contribution in [0.15, 0.2) is 57.9 Å². The lowest BCUT2D eigenvalue weighted by molar-refractivity contribution is -0.118. The molecule has 1 heterocycles. The van der Waals surface area contributed by atoms with Crippen molar-refractivity contribution in [2.45, 2.75) is 24.0 Å². The molecule has 1 amide bonds. The summed E-state index contributed by atoms with van der Waals surface area (Å²) in [7, 11) is -3.78. The minimum Gasteiger partial charge on any atom is -0.325 e. The van der Waals surface area contributed by atoms with Crippen LogP contribution < -0.4 is 26.4 Å². The average molecular weight is 440 g/mol. The Morgan fingerprint density at radius 1 is 1.04 bits per heavy atom. The van der Waals surface area contributed by atoms with Crippen LogP contribution in [0.4, 0.5) is 5.69 Å². The highest BCUT2D eigenvalue weighted by molar-refractivity contribution is 9.10. The lowest BCUT2D eigenvalue weighted by atomic mass is 10.2. The Morgan fingerprint density at radius 2 is 1.69 bits per heavy atom. The van der Waals surface area contributed by atoms with Gasteiger partial charge in [0.25, 0.3) is 0 Å². The van der Waals surface area contributed by atoms with E-state index >= 15 is 0 Å². The van der Waals surface area contributed by atoms with Crippen molar-refractivity contribution in [2.75, 3.05) is 5.32 Å². The topological polar surface area (TPSA) is 111 Å². The number of hydrogen-bond acceptors (Lipinski definition) is 6. The second-order valence-corrected chi connectivity index (χ2v) is 8.43. The molecule has 2 atom stereocenters. The number of aryl methyl sites for hydroxylation is 1. The molecular formula is C16H18BrN5O3S. The standard InChI is InChI=1S/C16H18BrN5O3S/c1-10-2-8-13(9-3-10)26(24,25)21-15-14(19-22-20-15)16(23)18-12-6-4-11(17)5-7-12/h2-9,14-15,19-22H,1H3,(H,18,23). The second-order valence-electron chi connectivity index (χ2n) is 5.80. The molecule has 3 rings (SSSR count). The van der Waals surface area contributed by atoms with Gasteiger partial charge in [-0.15, -0.1) is 0 Å². The monoisotopic (exact) mass is 439 g/mol. The van der Waals surface area contributed by atoms with Gasteiger partial charge in [0.1, 0.15) is 12.2 Å². The SMILES string of the molecule is Cc1ccc(S(=O)(=O)NC2NNNC2C(=O)Nc2ccc(Br)cc2)cc1. The Kier molecular flexibility index (Phi) is 5.70. The predicted molar refractivity (Wildman–Crippen MR) is 101 cm³/mol. The normalized spacial score (nSPS) is 20.1. The molecule has 0 spiro atoms. The summed E-state index contributed by atoms with van der Waals surface area (Å²) in [6.45, 7) is 1.87. The summed E-state index contributed by atoms with van der Waals surface area (Å²) >= 11 is 3.33. The first-order valence-electron chi connectivity index (χ1n) is 7.77. The van der Waals surface area contributed by atoms with E-state index in [-0.39, 0.29) is 10.8 Å². The van der Waals surface area contributed by atoms with E-state index in [1.165, 1.54) is 12.1 Å². The van der Waals surface area contributed by atoms with Crippen molar-refractivity contribution >= 4 is 37.5 Å². The molecule has 8 nitrogen and oxygen atoms in total. The van der Waals surface area contributed by atoms with Crippen LogP contribution in [0.25, 0.3) is 0 Å². The van der Waals surface area contributed by atoms with Crippen molar-refractivity contribution < 1.29 is 13.2 Å². The summed E-state index contributed by atoms with van der Waals surface area (Å²) in [4.78, 5) is 12.6. The molecule has 0 aromatic heterocycles. The minimum absolute atomic E-state index is 0.129. The third-order valence-corrected chi connectivity index (χ3v) is 5.78. The van der Waals surface area contributed by atoms with E-state index in [0.29, 0.717) is 5.69 Å². The maximum atomic E-state index is 12.5. The van der Waals surface area contributed by atoms with Crippen LogP contribution in [0, 0.1) is 6.92 Å². The van der Waals surface area contributed by atoms with Crippen LogP contribution in [0.2, 0.25) is 0 Å². The van der Waals surface area contributed by atoms with Crippen LogP contribution >= 0.6 is 15.9 Å². The van der Waals surface area contributed by atoms with Gasteiger partial charge in [-0.3, -0.25) is 4.79 Å². The predicted octanol–water partition coefficient (Wildman–Crippen LogP) is 0.982. The van der Waals surface area contributed by atoms with E-state index in [4.69, 9.17) is 0 Å². The van der Waals surface area contributed by atoms with Gasteiger partial charge in [0.05, 0.1) is 4.90 Å². The first-order valence-corrected chi connectivity index (χ1v) is 10.0. The Balaban J connectivity index is 1.70. The Bertz CT molecular complexity index is 887. The van der Waals surface area contributed by atoms with Crippen molar-refractivity contribution in [3.8, 4) is 0 Å². The van der Waals surface area contributed by atoms with Crippen LogP contribution in [0.1, 0.15) is 5.56 Å². The van der Waals surface area contributed by atoms with Gasteiger partial charge in [-0.2, -0.15) is 10.3 Å². The summed E-state index contributed by atoms with van der Waals surface area (Å²) in [6, 6.07) is 12.7. The molecule has 138 valence electrons. The molecule has 0 saturated carbocycles. The molecule has 1 aliphatic rings. The molecule has 1 aliphatic heterocycles. The van der Waals surface area contributed by atoms with Gasteiger partial charge in [0.2, 0.25) is 15.9 Å². The number of hydrazine groups is 2. The van der Waals surface area contributed by atoms with Gasteiger partial charge in [-0.25, -0.2) is 19.3 Å². The summed E-state index contributed by atoms with van der Waals surface area (Å²) in [6.07, 6.45) is -0.864. The van der Waals surface area contributed by atoms with Gasteiger partial charge >= 0.3 is 0 Å². The molecule has 2 aromatic carbocycles. The van der Waals surface area contributed by atoms with Crippen molar-refractivity contribution in [3.63, 3.8) is 0 Å². The third-order valence-electron chi connectivity index (χ3n) is 3.80. The molecule has 0 radical (unpaired) electrons. The van der Waals surface area contributed by atoms with Crippen molar-refractivity contribution in [1.29, 1.82) is 0 Å². The minimum atomic E-state index is -3.78. The number of anilines is 1. The van der Waals surface area contributed by atoms with Crippen molar-refractivity contribution in [2.24, 2.45) is 0 Å². The zero-order valence-electron chi connectivity index (χ0n) is 13.8. The van der Waals surface area contributed by atoms with Crippen LogP contribution in [0.3, 0.4) is 0 Å². The molecule has 2 aromatic rings. The fourth-order valence-electron chi connectivity index (χ4n) is 2.38. The Hall–Kier alpha value is -1.82. The molecular weight excluding hydrogens is 422 g/mol. The number of sulfonamides is 1. The fourth-order valence-corrected chi connectivity index (χ4v) is 3.81. The van der Waals surface area contributed by atoms with E-state index in [2.05, 4.69) is 42.4 Å². The number of benzene rings is 2. The quantitative estimate of drug-likeness (QED) is 0.474. The number of rotatable bonds is 5. The zero-order chi connectivity index (χ0) is 18.7. The number of hydrogen-bond donors (Lipinski definition) is 5. The fraction of sp³-hybridized carbons (Fsp3) is 0.188. The van der Waals surface area contributed by atoms with Crippen LogP contribution in [-0.4, -0.2) is 26.5 Å². The summed E-state index contributed by atoms with van der Waals surface area (Å²) < 4.78 is 28.4. The highest BCUT2D eigenvalue weighted by Gasteiger charge is 2.36. The average Bonchev–Trinajstić information content (AvgIpc) is 3.05. The molecule has 26 heavy (non-hydrogen) atoms. The molecule has 5 N–H and O–H groups in total. The van der Waals surface area contributed by atoms with Crippen LogP contribution in [-0.2, 0) is 14.8 Å². The number of amides is 1. The second kappa shape index (κ2) is 7.82. The Morgan fingerprint density at radius 3 is 2.35 bits per heavy atom. The van der Waals surface area contributed by atoms with E-state index in [0.717, 1.165) is 10.0 Å². The molecule has 0 aliphatic carbocycles. The van der Waals surface area contributed by atoms with Gasteiger partial charge in [0, 0.05) is 10.2 Å². The van der Waals surface area contributed by atoms with Crippen molar-refractivity contribution in [1.82, 2.24) is 21.1 Å². The number of halogens is 1.